The number of carbonyl (C=O) groups excluding carboxylic acids is 1. The van der Waals surface area contributed by atoms with Gasteiger partial charge in [0.05, 0.1) is 0 Å². The predicted molar refractivity (Wildman–Crippen MR) is 53.6 cm³/mol. The summed E-state index contributed by atoms with van der Waals surface area (Å²) in [7, 11) is 0. The van der Waals surface area contributed by atoms with Crippen molar-refractivity contribution in [1.82, 2.24) is 0 Å². The monoisotopic (exact) mass is 195 g/mol. The Kier molecular flexibility index (Phi) is 3.77. The molecule has 1 unspecified atom stereocenters. The molecule has 0 fully saturated rings. The van der Waals surface area contributed by atoms with E-state index in [9.17, 15) is 9.18 Å². The average Bonchev–Trinajstić information content (AvgIpc) is 2.15. The molecule has 0 aliphatic heterocycles. The molecule has 1 atom stereocenters. The van der Waals surface area contributed by atoms with Crippen LogP contribution in [0.5, 0.6) is 0 Å². The Morgan fingerprint density at radius 1 is 1.43 bits per heavy atom. The number of ketones is 1. The molecule has 3 heteroatoms. The van der Waals surface area contributed by atoms with Crippen molar-refractivity contribution in [3.8, 4) is 0 Å². The zero-order valence-electron chi connectivity index (χ0n) is 8.16. The number of benzene rings is 1. The van der Waals surface area contributed by atoms with Gasteiger partial charge in [-0.2, -0.15) is 0 Å². The van der Waals surface area contributed by atoms with Crippen LogP contribution in [0.15, 0.2) is 24.3 Å². The highest BCUT2D eigenvalue weighted by Gasteiger charge is 2.06. The van der Waals surface area contributed by atoms with Crippen LogP contribution < -0.4 is 5.73 Å². The molecular formula is C11H14FNO. The normalized spacial score (nSPS) is 12.5. The molecule has 0 bridgehead atoms. The molecular weight excluding hydrogens is 181 g/mol. The van der Waals surface area contributed by atoms with Crippen molar-refractivity contribution in [3.63, 3.8) is 0 Å². The van der Waals surface area contributed by atoms with E-state index in [0.717, 1.165) is 0 Å². The van der Waals surface area contributed by atoms with Crippen molar-refractivity contribution in [1.29, 1.82) is 0 Å². The maximum Gasteiger partial charge on any atom is 0.162 e. The van der Waals surface area contributed by atoms with Crippen LogP contribution in [0.2, 0.25) is 0 Å². The molecule has 14 heavy (non-hydrogen) atoms. The van der Waals surface area contributed by atoms with E-state index >= 15 is 0 Å². The van der Waals surface area contributed by atoms with Crippen LogP contribution in [0.25, 0.3) is 0 Å². The smallest absolute Gasteiger partial charge is 0.162 e. The molecule has 0 saturated heterocycles. The molecule has 1 aromatic rings. The van der Waals surface area contributed by atoms with E-state index in [1.165, 1.54) is 24.3 Å². The topological polar surface area (TPSA) is 43.1 Å². The average molecular weight is 195 g/mol. The number of carbonyl (C=O) groups is 1. The number of hydrogen-bond acceptors (Lipinski definition) is 2. The number of halogens is 1. The van der Waals surface area contributed by atoms with E-state index in [2.05, 4.69) is 0 Å². The summed E-state index contributed by atoms with van der Waals surface area (Å²) >= 11 is 0. The molecule has 76 valence electrons. The molecule has 0 aromatic heterocycles. The first kappa shape index (κ1) is 10.9. The van der Waals surface area contributed by atoms with Gasteiger partial charge in [-0.15, -0.1) is 0 Å². The van der Waals surface area contributed by atoms with Gasteiger partial charge in [0.25, 0.3) is 0 Å². The second-order valence-corrected chi connectivity index (χ2v) is 3.45. The molecule has 1 aromatic carbocycles. The van der Waals surface area contributed by atoms with Crippen LogP contribution in [0.3, 0.4) is 0 Å². The highest BCUT2D eigenvalue weighted by atomic mass is 19.1. The summed E-state index contributed by atoms with van der Waals surface area (Å²) in [5.74, 6) is -0.309. The van der Waals surface area contributed by atoms with E-state index in [1.807, 2.05) is 6.92 Å². The lowest BCUT2D eigenvalue weighted by atomic mass is 10.0. The van der Waals surface area contributed by atoms with Gasteiger partial charge in [-0.3, -0.25) is 4.79 Å². The van der Waals surface area contributed by atoms with Crippen LogP contribution in [-0.4, -0.2) is 11.8 Å². The maximum atomic E-state index is 12.5. The largest absolute Gasteiger partial charge is 0.328 e. The lowest BCUT2D eigenvalue weighted by molar-refractivity contribution is 0.0978. The van der Waals surface area contributed by atoms with Gasteiger partial charge in [0.15, 0.2) is 5.78 Å². The molecule has 0 amide bonds. The predicted octanol–water partition coefficient (Wildman–Crippen LogP) is 2.14. The van der Waals surface area contributed by atoms with Crippen molar-refractivity contribution in [2.24, 2.45) is 5.73 Å². The van der Waals surface area contributed by atoms with Crippen LogP contribution in [0, 0.1) is 5.82 Å². The van der Waals surface area contributed by atoms with Crippen LogP contribution in [0.1, 0.15) is 30.1 Å². The maximum absolute atomic E-state index is 12.5. The third kappa shape index (κ3) is 3.26. The standard InChI is InChI=1S/C11H14FNO/c1-8(13)2-7-11(14)9-3-5-10(12)6-4-9/h3-6,8H,2,7,13H2,1H3. The third-order valence-electron chi connectivity index (χ3n) is 1.99. The van der Waals surface area contributed by atoms with Gasteiger partial charge >= 0.3 is 0 Å². The molecule has 2 N–H and O–H groups in total. The Morgan fingerprint density at radius 2 is 2.00 bits per heavy atom. The molecule has 0 aliphatic rings. The first-order chi connectivity index (χ1) is 6.59. The minimum Gasteiger partial charge on any atom is -0.328 e. The second-order valence-electron chi connectivity index (χ2n) is 3.45. The number of rotatable bonds is 4. The van der Waals surface area contributed by atoms with Crippen molar-refractivity contribution in [3.05, 3.63) is 35.6 Å². The first-order valence-corrected chi connectivity index (χ1v) is 4.64. The lowest BCUT2D eigenvalue weighted by Gasteiger charge is -2.03. The summed E-state index contributed by atoms with van der Waals surface area (Å²) in [6.45, 7) is 1.86. The van der Waals surface area contributed by atoms with Crippen LogP contribution in [0.4, 0.5) is 4.39 Å². The zero-order valence-corrected chi connectivity index (χ0v) is 8.16. The van der Waals surface area contributed by atoms with Gasteiger partial charge in [0.1, 0.15) is 5.82 Å². The highest BCUT2D eigenvalue weighted by Crippen LogP contribution is 2.07. The molecule has 0 aliphatic carbocycles. The van der Waals surface area contributed by atoms with E-state index in [-0.39, 0.29) is 17.6 Å². The van der Waals surface area contributed by atoms with Gasteiger partial charge < -0.3 is 5.73 Å². The van der Waals surface area contributed by atoms with Gasteiger partial charge in [-0.25, -0.2) is 4.39 Å². The minimum atomic E-state index is -0.325. The summed E-state index contributed by atoms with van der Waals surface area (Å²) in [5, 5.41) is 0. The van der Waals surface area contributed by atoms with Crippen molar-refractivity contribution < 1.29 is 9.18 Å². The quantitative estimate of drug-likeness (QED) is 0.748. The highest BCUT2D eigenvalue weighted by molar-refractivity contribution is 5.95. The van der Waals surface area contributed by atoms with Crippen molar-refractivity contribution in [2.75, 3.05) is 0 Å². The first-order valence-electron chi connectivity index (χ1n) is 4.64. The Bertz CT molecular complexity index is 306. The fraction of sp³-hybridized carbons (Fsp3) is 0.364. The Balaban J connectivity index is 2.57. The number of hydrogen-bond donors (Lipinski definition) is 1. The number of nitrogens with two attached hydrogens (primary N) is 1. The minimum absolute atomic E-state index is 0.0160. The van der Waals surface area contributed by atoms with E-state index < -0.39 is 0 Å². The van der Waals surface area contributed by atoms with E-state index in [1.54, 1.807) is 0 Å². The summed E-state index contributed by atoms with van der Waals surface area (Å²) in [4.78, 5) is 11.5. The molecule has 2 nitrogen and oxygen atoms in total. The summed E-state index contributed by atoms with van der Waals surface area (Å²) < 4.78 is 12.5. The van der Waals surface area contributed by atoms with Gasteiger partial charge in [0, 0.05) is 18.0 Å². The second kappa shape index (κ2) is 4.86. The van der Waals surface area contributed by atoms with E-state index in [0.29, 0.717) is 18.4 Å². The Morgan fingerprint density at radius 3 is 2.50 bits per heavy atom. The fourth-order valence-electron chi connectivity index (χ4n) is 1.14. The molecule has 1 rings (SSSR count). The van der Waals surface area contributed by atoms with Gasteiger partial charge in [-0.1, -0.05) is 0 Å². The third-order valence-corrected chi connectivity index (χ3v) is 1.99. The number of Topliss-reactive ketones (excluding diaryl/α,β-unsaturated/α-hetero) is 1. The molecule has 0 spiro atoms. The van der Waals surface area contributed by atoms with Crippen molar-refractivity contribution >= 4 is 5.78 Å². The van der Waals surface area contributed by atoms with Crippen LogP contribution in [-0.2, 0) is 0 Å². The summed E-state index contributed by atoms with van der Waals surface area (Å²) in [6.07, 6.45) is 1.08. The van der Waals surface area contributed by atoms with Crippen LogP contribution >= 0.6 is 0 Å². The van der Waals surface area contributed by atoms with Crippen molar-refractivity contribution in [2.45, 2.75) is 25.8 Å². The lowest BCUT2D eigenvalue weighted by Crippen LogP contribution is -2.16. The SMILES string of the molecule is CC(N)CCC(=O)c1ccc(F)cc1. The zero-order chi connectivity index (χ0) is 10.6. The fourth-order valence-corrected chi connectivity index (χ4v) is 1.14. The Hall–Kier alpha value is -1.22. The van der Waals surface area contributed by atoms with E-state index in [4.69, 9.17) is 5.73 Å². The summed E-state index contributed by atoms with van der Waals surface area (Å²) in [6, 6.07) is 5.61. The van der Waals surface area contributed by atoms with Gasteiger partial charge in [-0.05, 0) is 37.6 Å². The Labute approximate surface area is 82.9 Å². The molecule has 0 radical (unpaired) electrons. The molecule has 0 saturated carbocycles. The molecule has 0 heterocycles. The van der Waals surface area contributed by atoms with Gasteiger partial charge in [0.2, 0.25) is 0 Å². The summed E-state index contributed by atoms with van der Waals surface area (Å²) in [5.41, 5.74) is 6.08.